The van der Waals surface area contributed by atoms with Gasteiger partial charge in [0, 0.05) is 17.5 Å². The third-order valence-corrected chi connectivity index (χ3v) is 2.63. The smallest absolute Gasteiger partial charge is 0.143 e. The predicted octanol–water partition coefficient (Wildman–Crippen LogP) is 2.24. The molecule has 0 amide bonds. The molecule has 0 bridgehead atoms. The summed E-state index contributed by atoms with van der Waals surface area (Å²) in [4.78, 5) is 4.24. The van der Waals surface area contributed by atoms with Gasteiger partial charge in [0.15, 0.2) is 0 Å². The van der Waals surface area contributed by atoms with Gasteiger partial charge in [0.2, 0.25) is 0 Å². The van der Waals surface area contributed by atoms with Gasteiger partial charge in [-0.15, -0.1) is 0 Å². The van der Waals surface area contributed by atoms with Crippen molar-refractivity contribution in [3.8, 4) is 0 Å². The Morgan fingerprint density at radius 3 is 2.50 bits per heavy atom. The normalized spacial score (nSPS) is 16.2. The third-order valence-electron chi connectivity index (χ3n) is 1.89. The van der Waals surface area contributed by atoms with E-state index in [0.29, 0.717) is 6.04 Å². The van der Waals surface area contributed by atoms with Crippen LogP contribution in [-0.2, 0) is 0 Å². The van der Waals surface area contributed by atoms with Crippen molar-refractivity contribution in [2.24, 2.45) is 5.10 Å². The average Bonchev–Trinajstić information content (AvgIpc) is 2.68. The monoisotopic (exact) mass is 206 g/mol. The second-order valence-electron chi connectivity index (χ2n) is 3.36. The van der Waals surface area contributed by atoms with E-state index in [1.807, 2.05) is 30.3 Å². The molecule has 2 rings (SSSR count). The Labute approximate surface area is 88.3 Å². The summed E-state index contributed by atoms with van der Waals surface area (Å²) >= 11 is 1.43. The fourth-order valence-electron chi connectivity index (χ4n) is 1.11. The van der Waals surface area contributed by atoms with Gasteiger partial charge in [-0.3, -0.25) is 0 Å². The Balaban J connectivity index is 2.18. The summed E-state index contributed by atoms with van der Waals surface area (Å²) in [6, 6.07) is 10.4. The lowest BCUT2D eigenvalue weighted by Crippen LogP contribution is -2.25. The molecular weight excluding hydrogens is 194 g/mol. The van der Waals surface area contributed by atoms with Gasteiger partial charge in [0.1, 0.15) is 5.04 Å². The average molecular weight is 206 g/mol. The second kappa shape index (κ2) is 4.02. The van der Waals surface area contributed by atoms with Crippen molar-refractivity contribution >= 4 is 17.0 Å². The quantitative estimate of drug-likeness (QED) is 0.694. The summed E-state index contributed by atoms with van der Waals surface area (Å²) < 4.78 is 0. The van der Waals surface area contributed by atoms with Crippen LogP contribution in [0.2, 0.25) is 0 Å². The first-order chi connectivity index (χ1) is 6.77. The van der Waals surface area contributed by atoms with Crippen LogP contribution in [0.5, 0.6) is 0 Å². The number of hydrogen-bond donors (Lipinski definition) is 0. The van der Waals surface area contributed by atoms with Gasteiger partial charge in [0.25, 0.3) is 0 Å². The minimum Gasteiger partial charge on any atom is -0.196 e. The van der Waals surface area contributed by atoms with E-state index in [1.54, 1.807) is 5.12 Å². The number of rotatable bonds is 2. The summed E-state index contributed by atoms with van der Waals surface area (Å²) in [6.07, 6.45) is 0. The highest BCUT2D eigenvalue weighted by Gasteiger charge is 2.19. The topological polar surface area (TPSA) is 29.7 Å². The highest BCUT2D eigenvalue weighted by molar-refractivity contribution is 8.12. The van der Waals surface area contributed by atoms with Gasteiger partial charge in [-0.2, -0.15) is 10.2 Å². The number of nitrogens with zero attached hydrogens (tertiary/aromatic N) is 3. The molecule has 3 nitrogen and oxygen atoms in total. The molecule has 1 aliphatic heterocycles. The van der Waals surface area contributed by atoms with E-state index in [-0.39, 0.29) is 0 Å². The maximum absolute atomic E-state index is 4.40. The molecule has 14 heavy (non-hydrogen) atoms. The molecule has 1 aromatic carbocycles. The molecule has 1 heterocycles. The van der Waals surface area contributed by atoms with Crippen LogP contribution in [0, 0.1) is 0 Å². The molecule has 4 heteroatoms. The number of hydrazone groups is 1. The summed E-state index contributed by atoms with van der Waals surface area (Å²) in [6.45, 7) is 4.14. The van der Waals surface area contributed by atoms with E-state index in [4.69, 9.17) is 0 Å². The van der Waals surface area contributed by atoms with Crippen molar-refractivity contribution in [2.75, 3.05) is 0 Å². The molecule has 0 aromatic heterocycles. The van der Waals surface area contributed by atoms with Crippen LogP contribution < -0.4 is 4.83 Å². The molecule has 0 aliphatic carbocycles. The van der Waals surface area contributed by atoms with Gasteiger partial charge in [0.05, 0.1) is 6.04 Å². The molecule has 0 fully saturated rings. The maximum atomic E-state index is 4.40. The van der Waals surface area contributed by atoms with Crippen molar-refractivity contribution in [3.63, 3.8) is 0 Å². The Hall–Kier alpha value is -1.00. The lowest BCUT2D eigenvalue weighted by Gasteiger charge is -2.13. The van der Waals surface area contributed by atoms with Gasteiger partial charge in [-0.25, -0.2) is 0 Å². The molecule has 0 saturated heterocycles. The van der Waals surface area contributed by atoms with Crippen LogP contribution in [0.4, 0.5) is 0 Å². The van der Waals surface area contributed by atoms with Crippen LogP contribution in [-0.4, -0.2) is 16.2 Å². The SMILES string of the molecule is CC(C)N1[N]SC(c2ccccc2)=N1. The van der Waals surface area contributed by atoms with Crippen molar-refractivity contribution in [3.05, 3.63) is 35.9 Å². The molecule has 0 N–H and O–H groups in total. The van der Waals surface area contributed by atoms with Crippen LogP contribution >= 0.6 is 11.9 Å². The van der Waals surface area contributed by atoms with E-state index in [9.17, 15) is 0 Å². The highest BCUT2D eigenvalue weighted by Crippen LogP contribution is 2.20. The Morgan fingerprint density at radius 1 is 1.21 bits per heavy atom. The van der Waals surface area contributed by atoms with Crippen LogP contribution in [0.15, 0.2) is 35.4 Å². The summed E-state index contributed by atoms with van der Waals surface area (Å²) in [5.74, 6) is 0. The van der Waals surface area contributed by atoms with E-state index in [1.165, 1.54) is 11.9 Å². The first-order valence-electron chi connectivity index (χ1n) is 4.58. The molecular formula is C10H12N3S. The molecule has 0 atom stereocenters. The second-order valence-corrected chi connectivity index (χ2v) is 4.09. The first kappa shape index (κ1) is 9.55. The minimum atomic E-state index is 0.323. The number of hydrogen-bond acceptors (Lipinski definition) is 3. The lowest BCUT2D eigenvalue weighted by atomic mass is 10.2. The van der Waals surface area contributed by atoms with Crippen molar-refractivity contribution < 1.29 is 0 Å². The van der Waals surface area contributed by atoms with E-state index >= 15 is 0 Å². The molecule has 1 aromatic rings. The standard InChI is InChI=1S/C10H12N3S/c1-8(2)13-11-10(14-12-13)9-6-4-3-5-7-9/h3-8H,1-2H3. The van der Waals surface area contributed by atoms with Gasteiger partial charge in [-0.05, 0) is 18.7 Å². The van der Waals surface area contributed by atoms with Crippen molar-refractivity contribution in [1.29, 1.82) is 0 Å². The highest BCUT2D eigenvalue weighted by atomic mass is 32.2. The van der Waals surface area contributed by atoms with Crippen molar-refractivity contribution in [1.82, 2.24) is 9.95 Å². The Morgan fingerprint density at radius 2 is 1.93 bits per heavy atom. The van der Waals surface area contributed by atoms with Gasteiger partial charge >= 0.3 is 0 Å². The van der Waals surface area contributed by atoms with E-state index in [0.717, 1.165) is 10.6 Å². The third kappa shape index (κ3) is 1.91. The van der Waals surface area contributed by atoms with E-state index < -0.39 is 0 Å². The zero-order valence-corrected chi connectivity index (χ0v) is 9.03. The fourth-order valence-corrected chi connectivity index (χ4v) is 1.86. The van der Waals surface area contributed by atoms with Crippen LogP contribution in [0.1, 0.15) is 19.4 Å². The van der Waals surface area contributed by atoms with Crippen LogP contribution in [0.3, 0.4) is 0 Å². The fraction of sp³-hybridized carbons (Fsp3) is 0.300. The van der Waals surface area contributed by atoms with Crippen LogP contribution in [0.25, 0.3) is 0 Å². The molecule has 0 unspecified atom stereocenters. The minimum absolute atomic E-state index is 0.323. The molecule has 1 aliphatic rings. The summed E-state index contributed by atoms with van der Waals surface area (Å²) in [5, 5.41) is 7.12. The molecule has 0 saturated carbocycles. The van der Waals surface area contributed by atoms with Gasteiger partial charge < -0.3 is 0 Å². The molecule has 0 spiro atoms. The largest absolute Gasteiger partial charge is 0.196 e. The molecule has 1 radical (unpaired) electrons. The zero-order valence-electron chi connectivity index (χ0n) is 8.21. The predicted molar refractivity (Wildman–Crippen MR) is 59.7 cm³/mol. The summed E-state index contributed by atoms with van der Waals surface area (Å²) in [7, 11) is 0. The summed E-state index contributed by atoms with van der Waals surface area (Å²) in [5.41, 5.74) is 1.13. The van der Waals surface area contributed by atoms with Crippen molar-refractivity contribution in [2.45, 2.75) is 19.9 Å². The maximum Gasteiger partial charge on any atom is 0.143 e. The van der Waals surface area contributed by atoms with Gasteiger partial charge in [-0.1, -0.05) is 30.3 Å². The zero-order chi connectivity index (χ0) is 9.97. The molecule has 73 valence electrons. The first-order valence-corrected chi connectivity index (χ1v) is 5.36. The lowest BCUT2D eigenvalue weighted by molar-refractivity contribution is 0.210. The Bertz CT molecular complexity index is 334. The van der Waals surface area contributed by atoms with E-state index in [2.05, 4.69) is 23.8 Å². The number of benzene rings is 1. The Kier molecular flexibility index (Phi) is 2.74.